The average Bonchev–Trinajstić information content (AvgIpc) is 3.21. The van der Waals surface area contributed by atoms with Crippen LogP contribution in [0.5, 0.6) is 0 Å². The van der Waals surface area contributed by atoms with Gasteiger partial charge in [0, 0.05) is 23.6 Å². The summed E-state index contributed by atoms with van der Waals surface area (Å²) in [6.07, 6.45) is 1.99. The number of hydrogen-bond acceptors (Lipinski definition) is 4. The molecule has 150 valence electrons. The van der Waals surface area contributed by atoms with Gasteiger partial charge in [-0.15, -0.1) is 0 Å². The average molecular weight is 431 g/mol. The third-order valence-electron chi connectivity index (χ3n) is 4.79. The molecule has 0 radical (unpaired) electrons. The zero-order valence-electron chi connectivity index (χ0n) is 15.9. The minimum Gasteiger partial charge on any atom is -0.438 e. The van der Waals surface area contributed by atoms with Crippen molar-refractivity contribution in [1.29, 1.82) is 0 Å². The van der Waals surface area contributed by atoms with Gasteiger partial charge < -0.3 is 14.5 Å². The highest BCUT2D eigenvalue weighted by Crippen LogP contribution is 2.26. The van der Waals surface area contributed by atoms with Crippen molar-refractivity contribution >= 4 is 45.8 Å². The zero-order valence-corrected chi connectivity index (χ0v) is 17.4. The summed E-state index contributed by atoms with van der Waals surface area (Å²) >= 11 is 12.4. The Labute approximate surface area is 178 Å². The van der Waals surface area contributed by atoms with Crippen molar-refractivity contribution in [2.75, 3.05) is 13.2 Å². The van der Waals surface area contributed by atoms with Crippen LogP contribution in [0.1, 0.15) is 28.8 Å². The van der Waals surface area contributed by atoms with E-state index in [1.165, 1.54) is 0 Å². The van der Waals surface area contributed by atoms with Gasteiger partial charge in [-0.2, -0.15) is 0 Å². The molecule has 1 N–H and O–H groups in total. The van der Waals surface area contributed by atoms with Gasteiger partial charge in [0.1, 0.15) is 11.1 Å². The van der Waals surface area contributed by atoms with E-state index in [9.17, 15) is 4.79 Å². The lowest BCUT2D eigenvalue weighted by Crippen LogP contribution is -2.34. The van der Waals surface area contributed by atoms with Crippen LogP contribution in [-0.2, 0) is 4.74 Å². The molecule has 1 saturated heterocycles. The first-order chi connectivity index (χ1) is 14.0. The van der Waals surface area contributed by atoms with Gasteiger partial charge in [0.15, 0.2) is 0 Å². The summed E-state index contributed by atoms with van der Waals surface area (Å²) < 4.78 is 11.5. The highest BCUT2D eigenvalue weighted by Gasteiger charge is 2.19. The van der Waals surface area contributed by atoms with Crippen molar-refractivity contribution in [3.8, 4) is 0 Å². The molecule has 1 aromatic heterocycles. The largest absolute Gasteiger partial charge is 0.438 e. The SMILES string of the molecule is Cc1ccc(N=c2oc3ccc(Cl)cc3cc2C(=O)NCC2CCCO2)c(Cl)c1. The molecule has 2 heterocycles. The number of hydrogen-bond donors (Lipinski definition) is 1. The standard InChI is InChI=1S/C22H20Cl2N2O3/c1-13-4-6-19(18(24)9-13)26-22-17(21(27)25-12-16-3-2-8-28-16)11-14-10-15(23)5-7-20(14)29-22/h4-7,9-11,16H,2-3,8,12H2,1H3,(H,25,27). The highest BCUT2D eigenvalue weighted by atomic mass is 35.5. The number of amides is 1. The summed E-state index contributed by atoms with van der Waals surface area (Å²) in [5, 5.41) is 4.68. The summed E-state index contributed by atoms with van der Waals surface area (Å²) in [6.45, 7) is 3.12. The Morgan fingerprint density at radius 3 is 2.83 bits per heavy atom. The fourth-order valence-electron chi connectivity index (χ4n) is 3.27. The first-order valence-electron chi connectivity index (χ1n) is 9.44. The summed E-state index contributed by atoms with van der Waals surface area (Å²) in [6, 6.07) is 12.5. The molecule has 1 aliphatic rings. The van der Waals surface area contributed by atoms with Crippen LogP contribution >= 0.6 is 23.2 Å². The topological polar surface area (TPSA) is 63.8 Å². The van der Waals surface area contributed by atoms with Crippen LogP contribution in [0.4, 0.5) is 5.69 Å². The van der Waals surface area contributed by atoms with E-state index in [0.717, 1.165) is 25.0 Å². The van der Waals surface area contributed by atoms with E-state index in [0.29, 0.717) is 38.8 Å². The van der Waals surface area contributed by atoms with Gasteiger partial charge in [-0.1, -0.05) is 29.3 Å². The molecule has 7 heteroatoms. The number of nitrogens with one attached hydrogen (secondary N) is 1. The maximum Gasteiger partial charge on any atom is 0.256 e. The molecule has 0 aliphatic carbocycles. The Morgan fingerprint density at radius 2 is 2.07 bits per heavy atom. The van der Waals surface area contributed by atoms with Gasteiger partial charge in [0.25, 0.3) is 5.91 Å². The second-order valence-corrected chi connectivity index (χ2v) is 7.90. The number of benzene rings is 2. The van der Waals surface area contributed by atoms with E-state index >= 15 is 0 Å². The van der Waals surface area contributed by atoms with Crippen molar-refractivity contribution in [2.45, 2.75) is 25.9 Å². The Balaban J connectivity index is 1.78. The maximum absolute atomic E-state index is 12.9. The second kappa shape index (κ2) is 8.57. The normalized spacial score (nSPS) is 17.1. The molecule has 2 aromatic carbocycles. The molecule has 0 saturated carbocycles. The lowest BCUT2D eigenvalue weighted by molar-refractivity contribution is 0.0854. The predicted molar refractivity (Wildman–Crippen MR) is 114 cm³/mol. The molecule has 1 aliphatic heterocycles. The molecule has 1 fully saturated rings. The number of aryl methyl sites for hydroxylation is 1. The van der Waals surface area contributed by atoms with E-state index in [2.05, 4.69) is 10.3 Å². The number of ether oxygens (including phenoxy) is 1. The number of carbonyl (C=O) groups excluding carboxylic acids is 1. The molecule has 1 unspecified atom stereocenters. The number of nitrogens with zero attached hydrogens (tertiary/aromatic N) is 1. The van der Waals surface area contributed by atoms with Crippen LogP contribution < -0.4 is 10.9 Å². The third-order valence-corrected chi connectivity index (χ3v) is 5.33. The molecule has 1 atom stereocenters. The monoisotopic (exact) mass is 430 g/mol. The zero-order chi connectivity index (χ0) is 20.4. The lowest BCUT2D eigenvalue weighted by Gasteiger charge is -2.11. The van der Waals surface area contributed by atoms with Crippen LogP contribution in [0.25, 0.3) is 11.0 Å². The number of carbonyl (C=O) groups is 1. The van der Waals surface area contributed by atoms with Gasteiger partial charge in [-0.25, -0.2) is 4.99 Å². The molecule has 29 heavy (non-hydrogen) atoms. The van der Waals surface area contributed by atoms with Gasteiger partial charge in [0.2, 0.25) is 5.55 Å². The van der Waals surface area contributed by atoms with Crippen molar-refractivity contribution in [2.24, 2.45) is 4.99 Å². The number of rotatable bonds is 4. The maximum atomic E-state index is 12.9. The van der Waals surface area contributed by atoms with Crippen molar-refractivity contribution in [1.82, 2.24) is 5.32 Å². The first-order valence-corrected chi connectivity index (χ1v) is 10.2. The summed E-state index contributed by atoms with van der Waals surface area (Å²) in [7, 11) is 0. The van der Waals surface area contributed by atoms with Crippen molar-refractivity contribution in [3.05, 3.63) is 69.2 Å². The van der Waals surface area contributed by atoms with E-state index in [-0.39, 0.29) is 17.6 Å². The van der Waals surface area contributed by atoms with Gasteiger partial charge >= 0.3 is 0 Å². The van der Waals surface area contributed by atoms with E-state index in [1.54, 1.807) is 30.3 Å². The Kier molecular flexibility index (Phi) is 5.90. The Bertz CT molecular complexity index is 1130. The smallest absolute Gasteiger partial charge is 0.256 e. The molecular formula is C22H20Cl2N2O3. The number of fused-ring (bicyclic) bond motifs is 1. The fourth-order valence-corrected chi connectivity index (χ4v) is 3.72. The van der Waals surface area contributed by atoms with Crippen LogP contribution in [-0.4, -0.2) is 25.2 Å². The Morgan fingerprint density at radius 1 is 1.21 bits per heavy atom. The molecule has 5 nitrogen and oxygen atoms in total. The molecule has 4 rings (SSSR count). The van der Waals surface area contributed by atoms with Gasteiger partial charge in [0.05, 0.1) is 16.8 Å². The van der Waals surface area contributed by atoms with E-state index in [1.807, 2.05) is 19.1 Å². The van der Waals surface area contributed by atoms with Gasteiger partial charge in [-0.05, 0) is 61.7 Å². The van der Waals surface area contributed by atoms with Crippen molar-refractivity contribution < 1.29 is 13.9 Å². The summed E-state index contributed by atoms with van der Waals surface area (Å²) in [5.41, 5.74) is 2.63. The summed E-state index contributed by atoms with van der Waals surface area (Å²) in [4.78, 5) is 17.5. The molecule has 0 spiro atoms. The van der Waals surface area contributed by atoms with Gasteiger partial charge in [-0.3, -0.25) is 4.79 Å². The minimum absolute atomic E-state index is 0.0396. The second-order valence-electron chi connectivity index (χ2n) is 7.06. The molecular weight excluding hydrogens is 411 g/mol. The lowest BCUT2D eigenvalue weighted by atomic mass is 10.1. The van der Waals surface area contributed by atoms with Crippen molar-refractivity contribution in [3.63, 3.8) is 0 Å². The quantitative estimate of drug-likeness (QED) is 0.619. The van der Waals surface area contributed by atoms with Crippen LogP contribution in [0.2, 0.25) is 10.0 Å². The summed E-state index contributed by atoms with van der Waals surface area (Å²) in [5.74, 6) is -0.284. The molecule has 3 aromatic rings. The fraction of sp³-hybridized carbons (Fsp3) is 0.273. The third kappa shape index (κ3) is 4.64. The minimum atomic E-state index is -0.284. The number of halogens is 2. The van der Waals surface area contributed by atoms with E-state index in [4.69, 9.17) is 32.4 Å². The highest BCUT2D eigenvalue weighted by molar-refractivity contribution is 6.33. The molecule has 1 amide bonds. The Hall–Kier alpha value is -2.34. The predicted octanol–water partition coefficient (Wildman–Crippen LogP) is 5.19. The first kappa shape index (κ1) is 20.0. The van der Waals surface area contributed by atoms with Crippen LogP contribution in [0, 0.1) is 6.92 Å². The van der Waals surface area contributed by atoms with Crippen LogP contribution in [0.15, 0.2) is 51.9 Å². The molecule has 0 bridgehead atoms. The van der Waals surface area contributed by atoms with E-state index < -0.39 is 0 Å². The van der Waals surface area contributed by atoms with Crippen LogP contribution in [0.3, 0.4) is 0 Å².